The van der Waals surface area contributed by atoms with Gasteiger partial charge in [0, 0.05) is 26.7 Å². The third-order valence-corrected chi connectivity index (χ3v) is 2.28. The molecule has 4 heteroatoms. The summed E-state index contributed by atoms with van der Waals surface area (Å²) in [6, 6.07) is 0. The van der Waals surface area contributed by atoms with Crippen molar-refractivity contribution in [3.05, 3.63) is 12.4 Å². The van der Waals surface area contributed by atoms with Crippen molar-refractivity contribution in [3.63, 3.8) is 0 Å². The van der Waals surface area contributed by atoms with Crippen LogP contribution < -0.4 is 0 Å². The molecule has 0 saturated carbocycles. The highest BCUT2D eigenvalue weighted by Gasteiger charge is 2.10. The Labute approximate surface area is 85.9 Å². The molecule has 1 fully saturated rings. The smallest absolute Gasteiger partial charge is 0.123 e. The molecule has 1 aliphatic heterocycles. The van der Waals surface area contributed by atoms with E-state index in [-0.39, 0.29) is 0 Å². The van der Waals surface area contributed by atoms with Gasteiger partial charge >= 0.3 is 0 Å². The number of nitrogens with zero attached hydrogens (tertiary/aromatic N) is 3. The second-order valence-electron chi connectivity index (χ2n) is 3.33. The van der Waals surface area contributed by atoms with Crippen LogP contribution in [0.2, 0.25) is 0 Å². The van der Waals surface area contributed by atoms with Crippen LogP contribution in [0.3, 0.4) is 0 Å². The van der Waals surface area contributed by atoms with Gasteiger partial charge in [0.05, 0.1) is 19.6 Å². The first-order valence-electron chi connectivity index (χ1n) is 5.00. The van der Waals surface area contributed by atoms with Crippen LogP contribution in [-0.2, 0) is 4.74 Å². The van der Waals surface area contributed by atoms with E-state index in [9.17, 15) is 0 Å². The van der Waals surface area contributed by atoms with Crippen molar-refractivity contribution in [1.29, 1.82) is 0 Å². The lowest BCUT2D eigenvalue weighted by Gasteiger charge is -2.28. The second-order valence-corrected chi connectivity index (χ2v) is 3.33. The van der Waals surface area contributed by atoms with Crippen molar-refractivity contribution in [1.82, 2.24) is 9.80 Å². The normalized spacial score (nSPS) is 17.4. The zero-order valence-corrected chi connectivity index (χ0v) is 9.07. The van der Waals surface area contributed by atoms with Crippen LogP contribution >= 0.6 is 0 Å². The van der Waals surface area contributed by atoms with E-state index in [1.165, 1.54) is 0 Å². The standard InChI is InChI=1S/C10H19N3O/c1-4-12(3)9-11-10(2)13-5-7-14-8-6-13/h9H,2,4-8H2,1,3H3. The molecule has 1 aliphatic rings. The highest BCUT2D eigenvalue weighted by atomic mass is 16.5. The molecule has 0 bridgehead atoms. The predicted octanol–water partition coefficient (Wildman–Crippen LogP) is 0.770. The summed E-state index contributed by atoms with van der Waals surface area (Å²) >= 11 is 0. The Bertz CT molecular complexity index is 209. The molecule has 1 saturated heterocycles. The van der Waals surface area contributed by atoms with Gasteiger partial charge in [0.1, 0.15) is 5.82 Å². The summed E-state index contributed by atoms with van der Waals surface area (Å²) in [5.74, 6) is 0.827. The van der Waals surface area contributed by atoms with Gasteiger partial charge in [-0.1, -0.05) is 6.58 Å². The molecule has 0 amide bonds. The van der Waals surface area contributed by atoms with Gasteiger partial charge in [0.2, 0.25) is 0 Å². The number of hydrogen-bond acceptors (Lipinski definition) is 3. The summed E-state index contributed by atoms with van der Waals surface area (Å²) in [6.07, 6.45) is 1.82. The van der Waals surface area contributed by atoms with Gasteiger partial charge in [-0.05, 0) is 6.92 Å². The summed E-state index contributed by atoms with van der Waals surface area (Å²) in [5.41, 5.74) is 0. The quantitative estimate of drug-likeness (QED) is 0.492. The molecule has 1 heterocycles. The van der Waals surface area contributed by atoms with Gasteiger partial charge < -0.3 is 14.5 Å². The van der Waals surface area contributed by atoms with Crippen LogP contribution in [0.4, 0.5) is 0 Å². The maximum Gasteiger partial charge on any atom is 0.123 e. The number of morpholine rings is 1. The molecule has 0 aliphatic carbocycles. The van der Waals surface area contributed by atoms with Gasteiger partial charge in [-0.3, -0.25) is 0 Å². The van der Waals surface area contributed by atoms with Crippen LogP contribution in [0.15, 0.2) is 17.4 Å². The molecule has 1 rings (SSSR count). The summed E-state index contributed by atoms with van der Waals surface area (Å²) in [4.78, 5) is 8.46. The first kappa shape index (κ1) is 11.0. The molecule has 4 nitrogen and oxygen atoms in total. The highest BCUT2D eigenvalue weighted by Crippen LogP contribution is 2.05. The topological polar surface area (TPSA) is 28.1 Å². The number of hydrogen-bond donors (Lipinski definition) is 0. The van der Waals surface area contributed by atoms with Crippen LogP contribution in [-0.4, -0.2) is 56.0 Å². The summed E-state index contributed by atoms with van der Waals surface area (Å²) in [5, 5.41) is 0. The second kappa shape index (κ2) is 5.65. The Morgan fingerprint density at radius 3 is 2.79 bits per heavy atom. The molecule has 0 unspecified atom stereocenters. The Kier molecular flexibility index (Phi) is 4.46. The van der Waals surface area contributed by atoms with Gasteiger partial charge in [-0.15, -0.1) is 0 Å². The Balaban J connectivity index is 2.36. The average molecular weight is 197 g/mol. The maximum absolute atomic E-state index is 5.25. The molecule has 0 aromatic rings. The predicted molar refractivity (Wildman–Crippen MR) is 58.3 cm³/mol. The van der Waals surface area contributed by atoms with Gasteiger partial charge in [0.15, 0.2) is 0 Å². The van der Waals surface area contributed by atoms with Crippen LogP contribution in [0.25, 0.3) is 0 Å². The Morgan fingerprint density at radius 2 is 2.21 bits per heavy atom. The van der Waals surface area contributed by atoms with E-state index in [0.717, 1.165) is 38.7 Å². The lowest BCUT2D eigenvalue weighted by Crippen LogP contribution is -2.35. The van der Waals surface area contributed by atoms with Crippen molar-refractivity contribution in [3.8, 4) is 0 Å². The minimum atomic E-state index is 0.776. The van der Waals surface area contributed by atoms with E-state index >= 15 is 0 Å². The van der Waals surface area contributed by atoms with E-state index in [0.29, 0.717) is 0 Å². The molecule has 0 N–H and O–H groups in total. The summed E-state index contributed by atoms with van der Waals surface area (Å²) < 4.78 is 5.25. The first-order chi connectivity index (χ1) is 6.74. The lowest BCUT2D eigenvalue weighted by atomic mass is 10.4. The van der Waals surface area contributed by atoms with Crippen molar-refractivity contribution < 1.29 is 4.74 Å². The molecule has 0 aromatic carbocycles. The fraction of sp³-hybridized carbons (Fsp3) is 0.700. The molecule has 0 radical (unpaired) electrons. The van der Waals surface area contributed by atoms with E-state index in [2.05, 4.69) is 23.4 Å². The SMILES string of the molecule is C=C(N=CN(C)CC)N1CCOCC1. The third kappa shape index (κ3) is 3.38. The highest BCUT2D eigenvalue weighted by molar-refractivity contribution is 5.55. The van der Waals surface area contributed by atoms with Crippen LogP contribution in [0, 0.1) is 0 Å². The minimum Gasteiger partial charge on any atom is -0.378 e. The molecule has 0 atom stereocenters. The molecule has 14 heavy (non-hydrogen) atoms. The first-order valence-corrected chi connectivity index (χ1v) is 5.00. The molecule has 0 aromatic heterocycles. The number of aliphatic imine (C=N–C) groups is 1. The largest absolute Gasteiger partial charge is 0.378 e. The van der Waals surface area contributed by atoms with E-state index < -0.39 is 0 Å². The van der Waals surface area contributed by atoms with Crippen molar-refractivity contribution >= 4 is 6.34 Å². The Hall–Kier alpha value is -1.03. The van der Waals surface area contributed by atoms with Gasteiger partial charge in [-0.25, -0.2) is 4.99 Å². The molecule has 80 valence electrons. The fourth-order valence-corrected chi connectivity index (χ4v) is 1.15. The number of ether oxygens (including phenoxy) is 1. The molecule has 0 spiro atoms. The average Bonchev–Trinajstić information content (AvgIpc) is 2.26. The van der Waals surface area contributed by atoms with Gasteiger partial charge in [0.25, 0.3) is 0 Å². The van der Waals surface area contributed by atoms with Crippen LogP contribution in [0.5, 0.6) is 0 Å². The van der Waals surface area contributed by atoms with E-state index in [1.54, 1.807) is 0 Å². The third-order valence-electron chi connectivity index (χ3n) is 2.28. The minimum absolute atomic E-state index is 0.776. The number of rotatable bonds is 4. The summed E-state index contributed by atoms with van der Waals surface area (Å²) in [6.45, 7) is 10.3. The van der Waals surface area contributed by atoms with Gasteiger partial charge in [-0.2, -0.15) is 0 Å². The monoisotopic (exact) mass is 197 g/mol. The maximum atomic E-state index is 5.25. The molecular weight excluding hydrogens is 178 g/mol. The lowest BCUT2D eigenvalue weighted by molar-refractivity contribution is 0.0534. The van der Waals surface area contributed by atoms with E-state index in [1.807, 2.05) is 18.3 Å². The molecular formula is C10H19N3O. The van der Waals surface area contributed by atoms with Crippen LogP contribution in [0.1, 0.15) is 6.92 Å². The zero-order valence-electron chi connectivity index (χ0n) is 9.07. The summed E-state index contributed by atoms with van der Waals surface area (Å²) in [7, 11) is 2.00. The van der Waals surface area contributed by atoms with Crippen molar-refractivity contribution in [2.75, 3.05) is 39.9 Å². The van der Waals surface area contributed by atoms with Crippen molar-refractivity contribution in [2.24, 2.45) is 4.99 Å². The van der Waals surface area contributed by atoms with Crippen molar-refractivity contribution in [2.45, 2.75) is 6.92 Å². The zero-order chi connectivity index (χ0) is 10.4. The Morgan fingerprint density at radius 1 is 1.57 bits per heavy atom. The fourth-order valence-electron chi connectivity index (χ4n) is 1.15. The van der Waals surface area contributed by atoms with E-state index in [4.69, 9.17) is 4.74 Å².